The molecule has 20 heavy (non-hydrogen) atoms. The number of hydrogen-bond donors (Lipinski definition) is 1. The van der Waals surface area contributed by atoms with Crippen LogP contribution in [0.4, 0.5) is 11.4 Å². The number of sulfone groups is 2. The Balaban J connectivity index is 2.35. The molecule has 8 heteroatoms. The highest BCUT2D eigenvalue weighted by molar-refractivity contribution is 7.91. The van der Waals surface area contributed by atoms with E-state index in [1.54, 1.807) is 6.07 Å². The van der Waals surface area contributed by atoms with Gasteiger partial charge in [-0.3, -0.25) is 0 Å². The van der Waals surface area contributed by atoms with Gasteiger partial charge < -0.3 is 10.6 Å². The summed E-state index contributed by atoms with van der Waals surface area (Å²) < 4.78 is 46.1. The zero-order valence-electron chi connectivity index (χ0n) is 11.4. The molecular formula is C12H18N2O4S2. The van der Waals surface area contributed by atoms with Crippen LogP contribution >= 0.6 is 0 Å². The first-order valence-corrected chi connectivity index (χ1v) is 9.88. The van der Waals surface area contributed by atoms with Gasteiger partial charge in [0, 0.05) is 18.8 Å². The lowest BCUT2D eigenvalue weighted by molar-refractivity contribution is 0.568. The SMILES string of the molecule is CC1CS(=O)(=O)CCN1c1ccc(S(C)(=O)=O)cc1N. The molecule has 1 aliphatic rings. The maximum absolute atomic E-state index is 11.6. The van der Waals surface area contributed by atoms with Gasteiger partial charge in [0.2, 0.25) is 0 Å². The molecule has 2 rings (SSSR count). The predicted molar refractivity (Wildman–Crippen MR) is 79.4 cm³/mol. The van der Waals surface area contributed by atoms with E-state index in [4.69, 9.17) is 5.73 Å². The maximum Gasteiger partial charge on any atom is 0.175 e. The fourth-order valence-corrected chi connectivity index (χ4v) is 4.59. The van der Waals surface area contributed by atoms with E-state index < -0.39 is 19.7 Å². The summed E-state index contributed by atoms with van der Waals surface area (Å²) in [6.07, 6.45) is 1.12. The number of anilines is 2. The summed E-state index contributed by atoms with van der Waals surface area (Å²) in [5.74, 6) is 0.172. The zero-order valence-corrected chi connectivity index (χ0v) is 13.0. The van der Waals surface area contributed by atoms with Gasteiger partial charge in [0.1, 0.15) is 0 Å². The monoisotopic (exact) mass is 318 g/mol. The molecule has 1 aromatic rings. The number of rotatable bonds is 2. The van der Waals surface area contributed by atoms with Crippen molar-refractivity contribution in [1.82, 2.24) is 0 Å². The highest BCUT2D eigenvalue weighted by Crippen LogP contribution is 2.29. The summed E-state index contributed by atoms with van der Waals surface area (Å²) in [6, 6.07) is 4.37. The van der Waals surface area contributed by atoms with E-state index in [2.05, 4.69) is 0 Å². The van der Waals surface area contributed by atoms with Crippen LogP contribution in [0.15, 0.2) is 23.1 Å². The fourth-order valence-electron chi connectivity index (χ4n) is 2.38. The van der Waals surface area contributed by atoms with Crippen molar-refractivity contribution in [3.63, 3.8) is 0 Å². The van der Waals surface area contributed by atoms with Crippen LogP contribution in [0.5, 0.6) is 0 Å². The Morgan fingerprint density at radius 2 is 2.00 bits per heavy atom. The summed E-state index contributed by atoms with van der Waals surface area (Å²) in [6.45, 7) is 2.19. The molecule has 0 saturated carbocycles. The second kappa shape index (κ2) is 4.92. The van der Waals surface area contributed by atoms with Crippen molar-refractivity contribution in [3.05, 3.63) is 18.2 Å². The molecular weight excluding hydrogens is 300 g/mol. The summed E-state index contributed by atoms with van der Waals surface area (Å²) in [4.78, 5) is 2.07. The third-order valence-corrected chi connectivity index (χ3v) is 6.31. The number of benzene rings is 1. The van der Waals surface area contributed by atoms with Crippen LogP contribution in [0, 0.1) is 0 Å². The van der Waals surface area contributed by atoms with Crippen molar-refractivity contribution in [1.29, 1.82) is 0 Å². The number of nitrogens with zero attached hydrogens (tertiary/aromatic N) is 1. The number of nitrogens with two attached hydrogens (primary N) is 1. The minimum absolute atomic E-state index is 0.0836. The van der Waals surface area contributed by atoms with E-state index in [1.807, 2.05) is 11.8 Å². The summed E-state index contributed by atoms with van der Waals surface area (Å²) in [5.41, 5.74) is 6.95. The van der Waals surface area contributed by atoms with Gasteiger partial charge in [-0.15, -0.1) is 0 Å². The van der Waals surface area contributed by atoms with Crippen LogP contribution in [-0.4, -0.2) is 47.2 Å². The van der Waals surface area contributed by atoms with Gasteiger partial charge >= 0.3 is 0 Å². The van der Waals surface area contributed by atoms with Crippen LogP contribution in [0.2, 0.25) is 0 Å². The molecule has 0 aliphatic carbocycles. The van der Waals surface area contributed by atoms with Gasteiger partial charge in [-0.2, -0.15) is 0 Å². The largest absolute Gasteiger partial charge is 0.397 e. The van der Waals surface area contributed by atoms with Gasteiger partial charge in [0.25, 0.3) is 0 Å². The molecule has 1 unspecified atom stereocenters. The molecule has 0 aromatic heterocycles. The van der Waals surface area contributed by atoms with Crippen molar-refractivity contribution in [2.24, 2.45) is 0 Å². The minimum atomic E-state index is -3.30. The normalized spacial score (nSPS) is 22.7. The van der Waals surface area contributed by atoms with Gasteiger partial charge in [0.15, 0.2) is 19.7 Å². The molecule has 1 fully saturated rings. The van der Waals surface area contributed by atoms with Gasteiger partial charge in [-0.25, -0.2) is 16.8 Å². The molecule has 0 amide bonds. The van der Waals surface area contributed by atoms with Crippen molar-refractivity contribution in [2.45, 2.75) is 17.9 Å². The lowest BCUT2D eigenvalue weighted by Crippen LogP contribution is -2.47. The average Bonchev–Trinajstić information content (AvgIpc) is 2.27. The van der Waals surface area contributed by atoms with E-state index in [0.29, 0.717) is 17.9 Å². The lowest BCUT2D eigenvalue weighted by atomic mass is 10.2. The smallest absolute Gasteiger partial charge is 0.175 e. The van der Waals surface area contributed by atoms with Crippen LogP contribution in [-0.2, 0) is 19.7 Å². The molecule has 1 saturated heterocycles. The van der Waals surface area contributed by atoms with Crippen LogP contribution < -0.4 is 10.6 Å². The van der Waals surface area contributed by atoms with Crippen LogP contribution in [0.1, 0.15) is 6.92 Å². The molecule has 2 N–H and O–H groups in total. The third-order valence-electron chi connectivity index (χ3n) is 3.41. The molecule has 1 atom stereocenters. The Morgan fingerprint density at radius 1 is 1.35 bits per heavy atom. The van der Waals surface area contributed by atoms with E-state index in [0.717, 1.165) is 6.26 Å². The standard InChI is InChI=1S/C12H18N2O4S2/c1-9-8-20(17,18)6-5-14(9)12-4-3-10(7-11(12)13)19(2,15)16/h3-4,7,9H,5-6,8,13H2,1-2H3. The van der Waals surface area contributed by atoms with Gasteiger partial charge in [0.05, 0.1) is 27.8 Å². The zero-order chi connectivity index (χ0) is 15.1. The maximum atomic E-state index is 11.6. The Hall–Kier alpha value is -1.28. The van der Waals surface area contributed by atoms with Crippen molar-refractivity contribution >= 4 is 31.0 Å². The molecule has 6 nitrogen and oxygen atoms in total. The van der Waals surface area contributed by atoms with E-state index in [-0.39, 0.29) is 22.4 Å². The molecule has 0 radical (unpaired) electrons. The minimum Gasteiger partial charge on any atom is -0.397 e. The van der Waals surface area contributed by atoms with Crippen molar-refractivity contribution < 1.29 is 16.8 Å². The van der Waals surface area contributed by atoms with Crippen molar-refractivity contribution in [2.75, 3.05) is 34.9 Å². The third kappa shape index (κ3) is 3.06. The Kier molecular flexibility index (Phi) is 3.72. The Morgan fingerprint density at radius 3 is 2.50 bits per heavy atom. The quantitative estimate of drug-likeness (QED) is 0.787. The molecule has 0 spiro atoms. The lowest BCUT2D eigenvalue weighted by Gasteiger charge is -2.35. The van der Waals surface area contributed by atoms with E-state index in [1.165, 1.54) is 12.1 Å². The number of hydrogen-bond acceptors (Lipinski definition) is 6. The molecule has 0 bridgehead atoms. The first-order valence-electron chi connectivity index (χ1n) is 6.17. The fraction of sp³-hybridized carbons (Fsp3) is 0.500. The number of nitrogen functional groups attached to an aromatic ring is 1. The summed E-state index contributed by atoms with van der Waals surface area (Å²) >= 11 is 0. The molecule has 1 heterocycles. The first-order chi connectivity index (χ1) is 9.10. The Bertz CT molecular complexity index is 726. The second-order valence-corrected chi connectivity index (χ2v) is 9.39. The highest BCUT2D eigenvalue weighted by Gasteiger charge is 2.29. The topological polar surface area (TPSA) is 97.5 Å². The molecule has 1 aromatic carbocycles. The second-order valence-electron chi connectivity index (χ2n) is 5.15. The summed E-state index contributed by atoms with van der Waals surface area (Å²) in [7, 11) is -6.29. The van der Waals surface area contributed by atoms with E-state index in [9.17, 15) is 16.8 Å². The highest BCUT2D eigenvalue weighted by atomic mass is 32.2. The van der Waals surface area contributed by atoms with Gasteiger partial charge in [-0.05, 0) is 25.1 Å². The first kappa shape index (κ1) is 15.1. The van der Waals surface area contributed by atoms with Crippen LogP contribution in [0.25, 0.3) is 0 Å². The molecule has 1 aliphatic heterocycles. The van der Waals surface area contributed by atoms with Crippen LogP contribution in [0.3, 0.4) is 0 Å². The predicted octanol–water partition coefficient (Wildman–Crippen LogP) is 0.296. The average molecular weight is 318 g/mol. The van der Waals surface area contributed by atoms with E-state index >= 15 is 0 Å². The van der Waals surface area contributed by atoms with Crippen molar-refractivity contribution in [3.8, 4) is 0 Å². The summed E-state index contributed by atoms with van der Waals surface area (Å²) in [5, 5.41) is 0. The Labute approximate surface area is 119 Å². The molecule has 112 valence electrons. The van der Waals surface area contributed by atoms with Gasteiger partial charge in [-0.1, -0.05) is 0 Å².